The normalized spacial score (nSPS) is 11.2. The Morgan fingerprint density at radius 3 is 2.68 bits per heavy atom. The van der Waals surface area contributed by atoms with E-state index in [4.69, 9.17) is 4.74 Å². The number of fused-ring (bicyclic) bond motifs is 1. The van der Waals surface area contributed by atoms with Crippen LogP contribution in [0.4, 0.5) is 9.52 Å². The Balaban J connectivity index is 1.78. The third-order valence-electron chi connectivity index (χ3n) is 4.23. The van der Waals surface area contributed by atoms with Crippen LogP contribution < -0.4 is 9.64 Å². The minimum atomic E-state index is -0.378. The van der Waals surface area contributed by atoms with Gasteiger partial charge in [-0.1, -0.05) is 29.5 Å². The van der Waals surface area contributed by atoms with Gasteiger partial charge in [0, 0.05) is 6.54 Å². The van der Waals surface area contributed by atoms with Gasteiger partial charge in [0.1, 0.15) is 17.1 Å². The van der Waals surface area contributed by atoms with E-state index in [1.165, 1.54) is 17.4 Å². The van der Waals surface area contributed by atoms with Gasteiger partial charge in [0.15, 0.2) is 11.7 Å². The number of nitrogens with zero attached hydrogens (tertiary/aromatic N) is 3. The van der Waals surface area contributed by atoms with Crippen LogP contribution in [0.2, 0.25) is 0 Å². The van der Waals surface area contributed by atoms with Gasteiger partial charge in [-0.05, 0) is 63.8 Å². The molecule has 7 heteroatoms. The lowest BCUT2D eigenvalue weighted by atomic mass is 10.2. The standard InChI is InChI=1S/C21H24FN3O2S/c1-15-7-4-8-16(13-15)27-14-19(26)25(12-6-11-24(2)3)21-23-20-17(22)9-5-10-18(20)28-21/h4-5,7-10,13H,6,11-12,14H2,1-3H3. The lowest BCUT2D eigenvalue weighted by Crippen LogP contribution is -2.36. The zero-order valence-corrected chi connectivity index (χ0v) is 17.1. The van der Waals surface area contributed by atoms with Crippen molar-refractivity contribution in [1.29, 1.82) is 0 Å². The summed E-state index contributed by atoms with van der Waals surface area (Å²) < 4.78 is 20.4. The van der Waals surface area contributed by atoms with E-state index in [1.807, 2.05) is 51.4 Å². The molecule has 0 spiro atoms. The largest absolute Gasteiger partial charge is 0.484 e. The molecule has 1 amide bonds. The van der Waals surface area contributed by atoms with E-state index < -0.39 is 0 Å². The van der Waals surface area contributed by atoms with E-state index in [9.17, 15) is 9.18 Å². The molecule has 3 aromatic rings. The number of para-hydroxylation sites is 1. The molecule has 0 atom stereocenters. The van der Waals surface area contributed by atoms with E-state index in [-0.39, 0.29) is 18.3 Å². The number of thiazole rings is 1. The van der Waals surface area contributed by atoms with Crippen molar-refractivity contribution in [1.82, 2.24) is 9.88 Å². The van der Waals surface area contributed by atoms with E-state index in [0.29, 0.717) is 22.9 Å². The van der Waals surface area contributed by atoms with Gasteiger partial charge in [0.05, 0.1) is 4.70 Å². The summed E-state index contributed by atoms with van der Waals surface area (Å²) >= 11 is 1.32. The summed E-state index contributed by atoms with van der Waals surface area (Å²) in [4.78, 5) is 20.9. The molecular weight excluding hydrogens is 377 g/mol. The summed E-state index contributed by atoms with van der Waals surface area (Å²) in [5, 5.41) is 0.497. The second-order valence-corrected chi connectivity index (χ2v) is 7.90. The smallest absolute Gasteiger partial charge is 0.266 e. The summed E-state index contributed by atoms with van der Waals surface area (Å²) in [5.74, 6) is 0.0772. The van der Waals surface area contributed by atoms with Crippen molar-refractivity contribution in [2.75, 3.05) is 38.7 Å². The quantitative estimate of drug-likeness (QED) is 0.570. The number of carbonyl (C=O) groups excluding carboxylic acids is 1. The van der Waals surface area contributed by atoms with Gasteiger partial charge in [-0.25, -0.2) is 9.37 Å². The number of hydrogen-bond donors (Lipinski definition) is 0. The molecule has 1 heterocycles. The lowest BCUT2D eigenvalue weighted by Gasteiger charge is -2.21. The van der Waals surface area contributed by atoms with Crippen molar-refractivity contribution in [3.8, 4) is 5.75 Å². The highest BCUT2D eigenvalue weighted by Gasteiger charge is 2.21. The highest BCUT2D eigenvalue weighted by molar-refractivity contribution is 7.22. The predicted molar refractivity (Wildman–Crippen MR) is 112 cm³/mol. The van der Waals surface area contributed by atoms with Gasteiger partial charge in [-0.3, -0.25) is 9.69 Å². The first-order chi connectivity index (χ1) is 13.4. The SMILES string of the molecule is Cc1cccc(OCC(=O)N(CCCN(C)C)c2nc3c(F)cccc3s2)c1. The number of aromatic nitrogens is 1. The Bertz CT molecular complexity index is 958. The van der Waals surface area contributed by atoms with E-state index in [0.717, 1.165) is 23.2 Å². The number of benzene rings is 2. The highest BCUT2D eigenvalue weighted by Crippen LogP contribution is 2.30. The first kappa shape index (κ1) is 20.2. The van der Waals surface area contributed by atoms with Crippen LogP contribution in [0.25, 0.3) is 10.2 Å². The van der Waals surface area contributed by atoms with E-state index in [2.05, 4.69) is 9.88 Å². The summed E-state index contributed by atoms with van der Waals surface area (Å²) in [6.45, 7) is 3.21. The van der Waals surface area contributed by atoms with Crippen LogP contribution in [0.3, 0.4) is 0 Å². The average molecular weight is 402 g/mol. The maximum atomic E-state index is 14.0. The molecule has 0 aliphatic carbocycles. The van der Waals surface area contributed by atoms with Crippen LogP contribution in [0.5, 0.6) is 5.75 Å². The van der Waals surface area contributed by atoms with Gasteiger partial charge < -0.3 is 9.64 Å². The van der Waals surface area contributed by atoms with Crippen LogP contribution in [0, 0.1) is 12.7 Å². The number of halogens is 1. The fourth-order valence-electron chi connectivity index (χ4n) is 2.82. The Labute approximate surface area is 168 Å². The molecule has 0 radical (unpaired) electrons. The van der Waals surface area contributed by atoms with Crippen molar-refractivity contribution < 1.29 is 13.9 Å². The third-order valence-corrected chi connectivity index (χ3v) is 5.27. The van der Waals surface area contributed by atoms with Crippen molar-refractivity contribution >= 4 is 32.6 Å². The van der Waals surface area contributed by atoms with Crippen LogP contribution in [-0.4, -0.2) is 49.6 Å². The van der Waals surface area contributed by atoms with Crippen molar-refractivity contribution in [3.63, 3.8) is 0 Å². The second-order valence-electron chi connectivity index (χ2n) is 6.89. The number of rotatable bonds is 8. The van der Waals surface area contributed by atoms with Crippen molar-refractivity contribution in [3.05, 3.63) is 53.8 Å². The van der Waals surface area contributed by atoms with Crippen LogP contribution in [-0.2, 0) is 4.79 Å². The van der Waals surface area contributed by atoms with E-state index in [1.54, 1.807) is 11.0 Å². The Kier molecular flexibility index (Phi) is 6.59. The summed E-state index contributed by atoms with van der Waals surface area (Å²) in [6.07, 6.45) is 0.779. The molecule has 148 valence electrons. The maximum absolute atomic E-state index is 14.0. The van der Waals surface area contributed by atoms with Crippen LogP contribution in [0.15, 0.2) is 42.5 Å². The maximum Gasteiger partial charge on any atom is 0.266 e. The van der Waals surface area contributed by atoms with Gasteiger partial charge in [-0.15, -0.1) is 0 Å². The molecule has 3 rings (SSSR count). The number of ether oxygens (including phenoxy) is 1. The fraction of sp³-hybridized carbons (Fsp3) is 0.333. The molecule has 0 N–H and O–H groups in total. The summed E-state index contributed by atoms with van der Waals surface area (Å²) in [7, 11) is 3.97. The molecule has 0 saturated carbocycles. The van der Waals surface area contributed by atoms with Crippen LogP contribution >= 0.6 is 11.3 Å². The monoisotopic (exact) mass is 401 g/mol. The molecular formula is C21H24FN3O2S. The molecule has 2 aromatic carbocycles. The molecule has 0 unspecified atom stereocenters. The zero-order chi connectivity index (χ0) is 20.1. The van der Waals surface area contributed by atoms with Gasteiger partial charge in [0.25, 0.3) is 5.91 Å². The first-order valence-electron chi connectivity index (χ1n) is 9.13. The minimum Gasteiger partial charge on any atom is -0.484 e. The summed E-state index contributed by atoms with van der Waals surface area (Å²) in [5.41, 5.74) is 1.36. The molecule has 28 heavy (non-hydrogen) atoms. The Morgan fingerprint density at radius 1 is 1.18 bits per heavy atom. The number of amides is 1. The molecule has 0 bridgehead atoms. The minimum absolute atomic E-state index is 0.0934. The molecule has 0 fully saturated rings. The number of hydrogen-bond acceptors (Lipinski definition) is 5. The highest BCUT2D eigenvalue weighted by atomic mass is 32.1. The first-order valence-corrected chi connectivity index (χ1v) is 9.95. The Morgan fingerprint density at radius 2 is 1.96 bits per heavy atom. The molecule has 0 saturated heterocycles. The van der Waals surface area contributed by atoms with E-state index >= 15 is 0 Å². The van der Waals surface area contributed by atoms with Gasteiger partial charge in [-0.2, -0.15) is 0 Å². The number of aryl methyl sites for hydroxylation is 1. The van der Waals surface area contributed by atoms with Crippen molar-refractivity contribution in [2.24, 2.45) is 0 Å². The number of anilines is 1. The molecule has 1 aromatic heterocycles. The topological polar surface area (TPSA) is 45.7 Å². The fourth-order valence-corrected chi connectivity index (χ4v) is 3.84. The van der Waals surface area contributed by atoms with Gasteiger partial charge >= 0.3 is 0 Å². The molecule has 0 aliphatic heterocycles. The predicted octanol–water partition coefficient (Wildman–Crippen LogP) is 4.11. The van der Waals surface area contributed by atoms with Crippen LogP contribution in [0.1, 0.15) is 12.0 Å². The van der Waals surface area contributed by atoms with Crippen molar-refractivity contribution in [2.45, 2.75) is 13.3 Å². The third kappa shape index (κ3) is 5.05. The summed E-state index contributed by atoms with van der Waals surface area (Å²) in [6, 6.07) is 12.4. The van der Waals surface area contributed by atoms with Gasteiger partial charge in [0.2, 0.25) is 0 Å². The lowest BCUT2D eigenvalue weighted by molar-refractivity contribution is -0.120. The zero-order valence-electron chi connectivity index (χ0n) is 16.3. The average Bonchev–Trinajstić information content (AvgIpc) is 3.08. The number of carbonyl (C=O) groups is 1. The molecule has 0 aliphatic rings. The molecule has 5 nitrogen and oxygen atoms in total. The Hall–Kier alpha value is -2.51. The second kappa shape index (κ2) is 9.12.